The number of carbonyl (C=O) groups excluding carboxylic acids is 1. The van der Waals surface area contributed by atoms with Crippen LogP contribution in [0.5, 0.6) is 0 Å². The van der Waals surface area contributed by atoms with E-state index in [4.69, 9.17) is 0 Å². The van der Waals surface area contributed by atoms with Crippen LogP contribution in [0.3, 0.4) is 0 Å². The van der Waals surface area contributed by atoms with Gasteiger partial charge in [0, 0.05) is 37.6 Å². The maximum absolute atomic E-state index is 12.3. The molecule has 2 aliphatic heterocycles. The predicted octanol–water partition coefficient (Wildman–Crippen LogP) is 1.79. The number of aromatic nitrogens is 1. The van der Waals surface area contributed by atoms with Crippen molar-refractivity contribution in [3.8, 4) is 0 Å². The molecule has 0 saturated carbocycles. The van der Waals surface area contributed by atoms with Crippen LogP contribution in [0, 0.1) is 0 Å². The first-order valence-corrected chi connectivity index (χ1v) is 7.13. The molecule has 2 atom stereocenters. The van der Waals surface area contributed by atoms with Gasteiger partial charge in [-0.3, -0.25) is 9.78 Å². The highest BCUT2D eigenvalue weighted by atomic mass is 35.5. The maximum Gasteiger partial charge on any atom is 0.227 e. The lowest BCUT2D eigenvalue weighted by atomic mass is 9.98. The van der Waals surface area contributed by atoms with Crippen LogP contribution >= 0.6 is 12.4 Å². The molecule has 2 fully saturated rings. The Bertz CT molecular complexity index is 442. The Morgan fingerprint density at radius 2 is 2.10 bits per heavy atom. The number of rotatable bonds is 3. The van der Waals surface area contributed by atoms with Crippen LogP contribution in [0.25, 0.3) is 0 Å². The first-order chi connectivity index (χ1) is 9.22. The average Bonchev–Trinajstić information content (AvgIpc) is 2.77. The monoisotopic (exact) mass is 295 g/mol. The van der Waals surface area contributed by atoms with Crippen molar-refractivity contribution in [2.24, 2.45) is 0 Å². The van der Waals surface area contributed by atoms with Gasteiger partial charge in [0.25, 0.3) is 0 Å². The van der Waals surface area contributed by atoms with Gasteiger partial charge in [0.2, 0.25) is 5.91 Å². The van der Waals surface area contributed by atoms with Crippen molar-refractivity contribution >= 4 is 18.3 Å². The molecule has 2 bridgehead atoms. The fraction of sp³-hybridized carbons (Fsp3) is 0.600. The summed E-state index contributed by atoms with van der Waals surface area (Å²) in [5.74, 6) is 0.208. The summed E-state index contributed by atoms with van der Waals surface area (Å²) >= 11 is 0. The maximum atomic E-state index is 12.3. The van der Waals surface area contributed by atoms with Crippen LogP contribution in [0.15, 0.2) is 24.5 Å². The number of nitrogens with zero attached hydrogens (tertiary/aromatic N) is 2. The molecule has 2 saturated heterocycles. The SMILES string of the molecule is CN(C(=O)Cc1cccnc1)C1CC2CCC(C1)N2.Cl. The van der Waals surface area contributed by atoms with E-state index in [0.29, 0.717) is 24.5 Å². The minimum Gasteiger partial charge on any atom is -0.342 e. The Labute approximate surface area is 126 Å². The van der Waals surface area contributed by atoms with E-state index in [1.807, 2.05) is 24.1 Å². The highest BCUT2D eigenvalue weighted by Crippen LogP contribution is 2.29. The molecule has 0 spiro atoms. The third-order valence-electron chi connectivity index (χ3n) is 4.47. The third-order valence-corrected chi connectivity index (χ3v) is 4.47. The van der Waals surface area contributed by atoms with Crippen molar-refractivity contribution in [2.75, 3.05) is 7.05 Å². The van der Waals surface area contributed by atoms with Gasteiger partial charge in [-0.2, -0.15) is 0 Å². The summed E-state index contributed by atoms with van der Waals surface area (Å²) in [5, 5.41) is 3.62. The van der Waals surface area contributed by atoms with Gasteiger partial charge in [-0.05, 0) is 37.3 Å². The number of nitrogens with one attached hydrogen (secondary N) is 1. The number of carbonyl (C=O) groups is 1. The van der Waals surface area contributed by atoms with Crippen molar-refractivity contribution in [1.29, 1.82) is 0 Å². The molecule has 1 aromatic heterocycles. The molecule has 2 aliphatic rings. The van der Waals surface area contributed by atoms with E-state index in [9.17, 15) is 4.79 Å². The normalized spacial score (nSPS) is 27.8. The number of halogens is 1. The second-order valence-corrected chi connectivity index (χ2v) is 5.81. The fourth-order valence-corrected chi connectivity index (χ4v) is 3.35. The number of likely N-dealkylation sites (N-methyl/N-ethyl adjacent to an activating group) is 1. The zero-order chi connectivity index (χ0) is 13.2. The topological polar surface area (TPSA) is 45.2 Å². The summed E-state index contributed by atoms with van der Waals surface area (Å²) in [4.78, 5) is 18.3. The molecule has 0 aromatic carbocycles. The van der Waals surface area contributed by atoms with Gasteiger partial charge in [-0.25, -0.2) is 0 Å². The van der Waals surface area contributed by atoms with Gasteiger partial charge in [0.1, 0.15) is 0 Å². The second kappa shape index (κ2) is 6.55. The molecule has 110 valence electrons. The summed E-state index contributed by atoms with van der Waals surface area (Å²) in [6, 6.07) is 5.50. The zero-order valence-electron chi connectivity index (χ0n) is 11.8. The lowest BCUT2D eigenvalue weighted by Gasteiger charge is -2.35. The minimum atomic E-state index is 0. The molecule has 4 nitrogen and oxygen atoms in total. The molecule has 5 heteroatoms. The number of fused-ring (bicyclic) bond motifs is 2. The summed E-state index contributed by atoms with van der Waals surface area (Å²) in [7, 11) is 1.95. The summed E-state index contributed by atoms with van der Waals surface area (Å²) in [6.45, 7) is 0. The molecule has 1 amide bonds. The summed E-state index contributed by atoms with van der Waals surface area (Å²) in [5.41, 5.74) is 0.997. The largest absolute Gasteiger partial charge is 0.342 e. The Morgan fingerprint density at radius 1 is 1.40 bits per heavy atom. The number of pyridine rings is 1. The van der Waals surface area contributed by atoms with Crippen molar-refractivity contribution < 1.29 is 4.79 Å². The smallest absolute Gasteiger partial charge is 0.227 e. The van der Waals surface area contributed by atoms with E-state index < -0.39 is 0 Å². The second-order valence-electron chi connectivity index (χ2n) is 5.81. The number of hydrogen-bond acceptors (Lipinski definition) is 3. The molecule has 3 rings (SSSR count). The van der Waals surface area contributed by atoms with Gasteiger partial charge in [-0.1, -0.05) is 6.07 Å². The van der Waals surface area contributed by atoms with E-state index in [1.54, 1.807) is 12.4 Å². The third kappa shape index (κ3) is 3.30. The van der Waals surface area contributed by atoms with Gasteiger partial charge >= 0.3 is 0 Å². The van der Waals surface area contributed by atoms with Crippen LogP contribution in [-0.4, -0.2) is 41.0 Å². The van der Waals surface area contributed by atoms with E-state index in [-0.39, 0.29) is 18.3 Å². The Hall–Kier alpha value is -1.13. The molecule has 20 heavy (non-hydrogen) atoms. The average molecular weight is 296 g/mol. The van der Waals surface area contributed by atoms with Gasteiger partial charge in [0.15, 0.2) is 0 Å². The predicted molar refractivity (Wildman–Crippen MR) is 80.9 cm³/mol. The summed E-state index contributed by atoms with van der Waals surface area (Å²) in [6.07, 6.45) is 8.72. The van der Waals surface area contributed by atoms with E-state index >= 15 is 0 Å². The number of piperidine rings is 1. The van der Waals surface area contributed by atoms with Crippen LogP contribution in [0.4, 0.5) is 0 Å². The molecular formula is C15H22ClN3O. The highest BCUT2D eigenvalue weighted by Gasteiger charge is 2.36. The van der Waals surface area contributed by atoms with E-state index in [2.05, 4.69) is 10.3 Å². The zero-order valence-corrected chi connectivity index (χ0v) is 12.6. The van der Waals surface area contributed by atoms with Crippen LogP contribution in [-0.2, 0) is 11.2 Å². The van der Waals surface area contributed by atoms with Gasteiger partial charge in [0.05, 0.1) is 6.42 Å². The Balaban J connectivity index is 0.00000147. The molecule has 0 radical (unpaired) electrons. The van der Waals surface area contributed by atoms with Crippen molar-refractivity contribution in [3.05, 3.63) is 30.1 Å². The van der Waals surface area contributed by atoms with Crippen molar-refractivity contribution in [2.45, 2.75) is 50.2 Å². The van der Waals surface area contributed by atoms with Gasteiger partial charge < -0.3 is 10.2 Å². The lowest BCUT2D eigenvalue weighted by Crippen LogP contribution is -2.49. The molecular weight excluding hydrogens is 274 g/mol. The molecule has 1 N–H and O–H groups in total. The van der Waals surface area contributed by atoms with Crippen LogP contribution < -0.4 is 5.32 Å². The van der Waals surface area contributed by atoms with Crippen LogP contribution in [0.2, 0.25) is 0 Å². The molecule has 3 heterocycles. The number of amides is 1. The Morgan fingerprint density at radius 3 is 2.70 bits per heavy atom. The molecule has 1 aromatic rings. The first-order valence-electron chi connectivity index (χ1n) is 7.13. The quantitative estimate of drug-likeness (QED) is 0.925. The van der Waals surface area contributed by atoms with Crippen molar-refractivity contribution in [1.82, 2.24) is 15.2 Å². The Kier molecular flexibility index (Phi) is 5.00. The highest BCUT2D eigenvalue weighted by molar-refractivity contribution is 5.85. The van der Waals surface area contributed by atoms with Crippen LogP contribution in [0.1, 0.15) is 31.2 Å². The fourth-order valence-electron chi connectivity index (χ4n) is 3.35. The van der Waals surface area contributed by atoms with Crippen molar-refractivity contribution in [3.63, 3.8) is 0 Å². The van der Waals surface area contributed by atoms with E-state index in [1.165, 1.54) is 12.8 Å². The van der Waals surface area contributed by atoms with E-state index in [0.717, 1.165) is 18.4 Å². The minimum absolute atomic E-state index is 0. The molecule has 0 aliphatic carbocycles. The standard InChI is InChI=1S/C15H21N3O.ClH/c1-18(14-8-12-4-5-13(9-14)17-12)15(19)7-11-3-2-6-16-10-11;/h2-3,6,10,12-14,17H,4-5,7-9H2,1H3;1H. The molecule has 2 unspecified atom stereocenters. The van der Waals surface area contributed by atoms with Gasteiger partial charge in [-0.15, -0.1) is 12.4 Å². The first kappa shape index (κ1) is 15.3. The summed E-state index contributed by atoms with van der Waals surface area (Å²) < 4.78 is 0. The lowest BCUT2D eigenvalue weighted by molar-refractivity contribution is -0.131. The number of hydrogen-bond donors (Lipinski definition) is 1.